The summed E-state index contributed by atoms with van der Waals surface area (Å²) in [6.07, 6.45) is 5.94. The zero-order valence-corrected chi connectivity index (χ0v) is 15.9. The highest BCUT2D eigenvalue weighted by molar-refractivity contribution is 5.79. The molecule has 1 aromatic carbocycles. The summed E-state index contributed by atoms with van der Waals surface area (Å²) in [6.45, 7) is 3.38. The summed E-state index contributed by atoms with van der Waals surface area (Å²) in [7, 11) is 0. The molecule has 1 atom stereocenters. The number of imidazole rings is 1. The molecule has 3 aromatic rings. The molecule has 1 fully saturated rings. The Kier molecular flexibility index (Phi) is 5.19. The van der Waals surface area contributed by atoms with Crippen molar-refractivity contribution in [3.8, 4) is 5.82 Å². The van der Waals surface area contributed by atoms with E-state index in [0.29, 0.717) is 13.0 Å². The monoisotopic (exact) mass is 378 g/mol. The number of benzene rings is 1. The first kappa shape index (κ1) is 18.3. The number of aryl methyl sites for hydroxylation is 1. The van der Waals surface area contributed by atoms with E-state index in [2.05, 4.69) is 4.98 Å². The van der Waals surface area contributed by atoms with E-state index in [1.54, 1.807) is 18.3 Å². The largest absolute Gasteiger partial charge is 0.342 e. The number of aromatic nitrogens is 3. The topological polar surface area (TPSA) is 51.0 Å². The van der Waals surface area contributed by atoms with Crippen molar-refractivity contribution in [3.63, 3.8) is 0 Å². The predicted octanol–water partition coefficient (Wildman–Crippen LogP) is 3.66. The Morgan fingerprint density at radius 3 is 2.79 bits per heavy atom. The molecular formula is C22H23FN4O. The number of piperidine rings is 1. The van der Waals surface area contributed by atoms with Gasteiger partial charge in [-0.3, -0.25) is 9.36 Å². The van der Waals surface area contributed by atoms with Gasteiger partial charge in [0.25, 0.3) is 0 Å². The van der Waals surface area contributed by atoms with Crippen molar-refractivity contribution in [2.45, 2.75) is 32.1 Å². The number of rotatable bonds is 4. The van der Waals surface area contributed by atoms with E-state index in [1.165, 1.54) is 12.1 Å². The van der Waals surface area contributed by atoms with Crippen molar-refractivity contribution < 1.29 is 9.18 Å². The van der Waals surface area contributed by atoms with Gasteiger partial charge in [0, 0.05) is 37.1 Å². The standard InChI is InChI=1S/C22H23FN4O/c1-16-24-11-13-27(16)21-6-2-5-20(25-21)18-4-3-12-26(15-18)22(28)14-17-7-9-19(23)10-8-17/h2,5-11,13,18H,3-4,12,14-15H2,1H3/t18-/m1/s1. The van der Waals surface area contributed by atoms with Crippen LogP contribution in [0.3, 0.4) is 0 Å². The first-order valence-electron chi connectivity index (χ1n) is 9.59. The van der Waals surface area contributed by atoms with Crippen LogP contribution in [-0.2, 0) is 11.2 Å². The van der Waals surface area contributed by atoms with Crippen LogP contribution in [0, 0.1) is 12.7 Å². The summed E-state index contributed by atoms with van der Waals surface area (Å²) in [5.41, 5.74) is 1.84. The minimum absolute atomic E-state index is 0.0814. The molecule has 1 amide bonds. The van der Waals surface area contributed by atoms with Gasteiger partial charge in [0.15, 0.2) is 0 Å². The number of nitrogens with zero attached hydrogens (tertiary/aromatic N) is 4. The van der Waals surface area contributed by atoms with Crippen molar-refractivity contribution in [2.75, 3.05) is 13.1 Å². The van der Waals surface area contributed by atoms with Crippen molar-refractivity contribution in [2.24, 2.45) is 0 Å². The zero-order valence-electron chi connectivity index (χ0n) is 15.9. The quantitative estimate of drug-likeness (QED) is 0.696. The van der Waals surface area contributed by atoms with E-state index in [-0.39, 0.29) is 17.6 Å². The number of halogens is 1. The number of carbonyl (C=O) groups excluding carboxylic acids is 1. The predicted molar refractivity (Wildman–Crippen MR) is 105 cm³/mol. The van der Waals surface area contributed by atoms with Crippen LogP contribution in [0.5, 0.6) is 0 Å². The van der Waals surface area contributed by atoms with Crippen LogP contribution in [0.15, 0.2) is 54.9 Å². The molecule has 2 aromatic heterocycles. The van der Waals surface area contributed by atoms with Gasteiger partial charge in [-0.2, -0.15) is 0 Å². The fourth-order valence-corrected chi connectivity index (χ4v) is 3.75. The number of likely N-dealkylation sites (tertiary alicyclic amines) is 1. The molecular weight excluding hydrogens is 355 g/mol. The lowest BCUT2D eigenvalue weighted by molar-refractivity contribution is -0.131. The number of hydrogen-bond donors (Lipinski definition) is 0. The average molecular weight is 378 g/mol. The highest BCUT2D eigenvalue weighted by atomic mass is 19.1. The molecule has 144 valence electrons. The molecule has 5 nitrogen and oxygen atoms in total. The third-order valence-electron chi connectivity index (χ3n) is 5.29. The normalized spacial score (nSPS) is 16.9. The number of hydrogen-bond acceptors (Lipinski definition) is 3. The van der Waals surface area contributed by atoms with E-state index in [1.807, 2.05) is 40.8 Å². The second-order valence-corrected chi connectivity index (χ2v) is 7.25. The second-order valence-electron chi connectivity index (χ2n) is 7.25. The van der Waals surface area contributed by atoms with Crippen molar-refractivity contribution >= 4 is 5.91 Å². The average Bonchev–Trinajstić information content (AvgIpc) is 3.16. The van der Waals surface area contributed by atoms with Crippen LogP contribution in [0.1, 0.15) is 35.8 Å². The molecule has 0 N–H and O–H groups in total. The maximum Gasteiger partial charge on any atom is 0.227 e. The van der Waals surface area contributed by atoms with E-state index in [0.717, 1.165) is 42.3 Å². The van der Waals surface area contributed by atoms with Gasteiger partial charge in [-0.05, 0) is 49.6 Å². The SMILES string of the molecule is Cc1nccn1-c1cccc([C@@H]2CCCN(C(=O)Cc3ccc(F)cc3)C2)n1. The molecule has 4 rings (SSSR count). The van der Waals surface area contributed by atoms with Gasteiger partial charge in [-0.25, -0.2) is 14.4 Å². The molecule has 1 aliphatic heterocycles. The second kappa shape index (κ2) is 7.92. The summed E-state index contributed by atoms with van der Waals surface area (Å²) in [6, 6.07) is 12.2. The van der Waals surface area contributed by atoms with Gasteiger partial charge in [-0.15, -0.1) is 0 Å². The van der Waals surface area contributed by atoms with E-state index < -0.39 is 0 Å². The van der Waals surface area contributed by atoms with Crippen molar-refractivity contribution in [1.82, 2.24) is 19.4 Å². The van der Waals surface area contributed by atoms with Gasteiger partial charge in [-0.1, -0.05) is 18.2 Å². The third kappa shape index (κ3) is 3.96. The highest BCUT2D eigenvalue weighted by Crippen LogP contribution is 2.27. The number of carbonyl (C=O) groups is 1. The van der Waals surface area contributed by atoms with Gasteiger partial charge < -0.3 is 4.90 Å². The molecule has 1 saturated heterocycles. The zero-order chi connectivity index (χ0) is 19.5. The van der Waals surface area contributed by atoms with E-state index in [4.69, 9.17) is 4.98 Å². The first-order chi connectivity index (χ1) is 13.6. The minimum Gasteiger partial charge on any atom is -0.342 e. The maximum atomic E-state index is 13.1. The number of amides is 1. The van der Waals surface area contributed by atoms with Crippen LogP contribution in [-0.4, -0.2) is 38.4 Å². The molecule has 0 unspecified atom stereocenters. The van der Waals surface area contributed by atoms with Crippen molar-refractivity contribution in [3.05, 3.63) is 77.8 Å². The Morgan fingerprint density at radius 1 is 1.21 bits per heavy atom. The van der Waals surface area contributed by atoms with E-state index in [9.17, 15) is 9.18 Å². The molecule has 0 bridgehead atoms. The van der Waals surface area contributed by atoms with Crippen LogP contribution in [0.25, 0.3) is 5.82 Å². The lowest BCUT2D eigenvalue weighted by Gasteiger charge is -2.32. The third-order valence-corrected chi connectivity index (χ3v) is 5.29. The Hall–Kier alpha value is -3.02. The minimum atomic E-state index is -0.284. The summed E-state index contributed by atoms with van der Waals surface area (Å²) in [4.78, 5) is 23.7. The van der Waals surface area contributed by atoms with Gasteiger partial charge >= 0.3 is 0 Å². The Morgan fingerprint density at radius 2 is 2.04 bits per heavy atom. The summed E-state index contributed by atoms with van der Waals surface area (Å²) >= 11 is 0. The molecule has 28 heavy (non-hydrogen) atoms. The lowest BCUT2D eigenvalue weighted by atomic mass is 9.93. The summed E-state index contributed by atoms with van der Waals surface area (Å²) < 4.78 is 15.0. The lowest BCUT2D eigenvalue weighted by Crippen LogP contribution is -2.40. The Bertz CT molecular complexity index is 967. The van der Waals surface area contributed by atoms with Crippen LogP contribution in [0.4, 0.5) is 4.39 Å². The molecule has 6 heteroatoms. The summed E-state index contributed by atoms with van der Waals surface area (Å²) in [5.74, 6) is 1.76. The fraction of sp³-hybridized carbons (Fsp3) is 0.318. The molecule has 0 aliphatic carbocycles. The number of pyridine rings is 1. The fourth-order valence-electron chi connectivity index (χ4n) is 3.75. The molecule has 0 radical (unpaired) electrons. The Balaban J connectivity index is 1.47. The Labute approximate surface area is 163 Å². The van der Waals surface area contributed by atoms with Crippen LogP contribution >= 0.6 is 0 Å². The van der Waals surface area contributed by atoms with Gasteiger partial charge in [0.2, 0.25) is 5.91 Å². The molecule has 3 heterocycles. The van der Waals surface area contributed by atoms with Gasteiger partial charge in [0.1, 0.15) is 17.5 Å². The summed E-state index contributed by atoms with van der Waals surface area (Å²) in [5, 5.41) is 0. The van der Waals surface area contributed by atoms with Crippen LogP contribution in [0.2, 0.25) is 0 Å². The highest BCUT2D eigenvalue weighted by Gasteiger charge is 2.26. The van der Waals surface area contributed by atoms with E-state index >= 15 is 0 Å². The van der Waals surface area contributed by atoms with Crippen molar-refractivity contribution in [1.29, 1.82) is 0 Å². The first-order valence-corrected chi connectivity index (χ1v) is 9.59. The van der Waals surface area contributed by atoms with Gasteiger partial charge in [0.05, 0.1) is 6.42 Å². The molecule has 0 saturated carbocycles. The molecule has 0 spiro atoms. The smallest absolute Gasteiger partial charge is 0.227 e. The van der Waals surface area contributed by atoms with Crippen LogP contribution < -0.4 is 0 Å². The maximum absolute atomic E-state index is 13.1. The molecule has 1 aliphatic rings.